The number of ether oxygens (including phenoxy) is 1. The van der Waals surface area contributed by atoms with Gasteiger partial charge in [0.1, 0.15) is 5.69 Å². The first-order valence-electron chi connectivity index (χ1n) is 10.1. The van der Waals surface area contributed by atoms with Crippen LogP contribution >= 0.6 is 0 Å². The maximum absolute atomic E-state index is 12.5. The second-order valence-corrected chi connectivity index (χ2v) is 7.24. The molecule has 0 spiro atoms. The predicted octanol–water partition coefficient (Wildman–Crippen LogP) is 2.81. The number of nitrogens with zero attached hydrogens (tertiary/aromatic N) is 3. The van der Waals surface area contributed by atoms with Crippen molar-refractivity contribution in [3.63, 3.8) is 0 Å². The largest absolute Gasteiger partial charge is 0.450 e. The van der Waals surface area contributed by atoms with Crippen LogP contribution in [-0.2, 0) is 4.74 Å². The summed E-state index contributed by atoms with van der Waals surface area (Å²) >= 11 is 0. The lowest BCUT2D eigenvalue weighted by Crippen LogP contribution is -2.46. The number of hydrogen-bond donors (Lipinski definition) is 1. The van der Waals surface area contributed by atoms with Crippen LogP contribution in [0.3, 0.4) is 0 Å². The van der Waals surface area contributed by atoms with Crippen LogP contribution in [0, 0.1) is 0 Å². The summed E-state index contributed by atoms with van der Waals surface area (Å²) in [5.74, 6) is -0.146. The molecule has 0 radical (unpaired) electrons. The van der Waals surface area contributed by atoms with Gasteiger partial charge in [0, 0.05) is 32.2 Å². The number of pyridine rings is 1. The standard InChI is InChI=1S/C20H30N4O3/c1-2-27-20(26)24-13-9-16(10-14-24)22-19(25)18-8-7-17(15-21-18)23-11-5-3-4-6-12-23/h7-8,15-16H,2-6,9-14H2,1H3,(H,22,25). The van der Waals surface area contributed by atoms with Crippen molar-refractivity contribution in [2.75, 3.05) is 37.7 Å². The third-order valence-electron chi connectivity index (χ3n) is 5.31. The van der Waals surface area contributed by atoms with Gasteiger partial charge in [-0.1, -0.05) is 12.8 Å². The minimum absolute atomic E-state index is 0.0651. The van der Waals surface area contributed by atoms with E-state index in [0.29, 0.717) is 25.4 Å². The van der Waals surface area contributed by atoms with Crippen molar-refractivity contribution in [1.29, 1.82) is 0 Å². The SMILES string of the molecule is CCOC(=O)N1CCC(NC(=O)c2ccc(N3CCCCCC3)cn2)CC1. The van der Waals surface area contributed by atoms with Crippen LogP contribution in [0.4, 0.5) is 10.5 Å². The number of piperidine rings is 1. The molecule has 2 saturated heterocycles. The maximum Gasteiger partial charge on any atom is 0.409 e. The normalized spacial score (nSPS) is 18.7. The molecule has 7 heteroatoms. The third kappa shape index (κ3) is 5.34. The first-order valence-corrected chi connectivity index (χ1v) is 10.1. The Hall–Kier alpha value is -2.31. The molecule has 1 aromatic rings. The molecule has 2 amide bonds. The van der Waals surface area contributed by atoms with Gasteiger partial charge in [-0.2, -0.15) is 0 Å². The molecule has 0 atom stereocenters. The number of likely N-dealkylation sites (tertiary alicyclic amines) is 1. The Labute approximate surface area is 161 Å². The van der Waals surface area contributed by atoms with E-state index in [1.54, 1.807) is 11.8 Å². The first-order chi connectivity index (χ1) is 13.2. The van der Waals surface area contributed by atoms with Gasteiger partial charge in [-0.3, -0.25) is 4.79 Å². The summed E-state index contributed by atoms with van der Waals surface area (Å²) in [4.78, 5) is 32.6. The fraction of sp³-hybridized carbons (Fsp3) is 0.650. The number of hydrogen-bond acceptors (Lipinski definition) is 5. The number of carbonyl (C=O) groups excluding carboxylic acids is 2. The lowest BCUT2D eigenvalue weighted by Gasteiger charge is -2.31. The van der Waals surface area contributed by atoms with Gasteiger partial charge < -0.3 is 19.9 Å². The van der Waals surface area contributed by atoms with Gasteiger partial charge in [-0.05, 0) is 44.7 Å². The minimum atomic E-state index is -0.270. The van der Waals surface area contributed by atoms with E-state index < -0.39 is 0 Å². The molecule has 3 rings (SSSR count). The number of carbonyl (C=O) groups is 2. The van der Waals surface area contributed by atoms with E-state index in [4.69, 9.17) is 4.74 Å². The molecule has 0 aromatic carbocycles. The van der Waals surface area contributed by atoms with Gasteiger partial charge in [0.25, 0.3) is 5.91 Å². The molecule has 0 bridgehead atoms. The maximum atomic E-state index is 12.5. The van der Waals surface area contributed by atoms with E-state index in [2.05, 4.69) is 15.2 Å². The quantitative estimate of drug-likeness (QED) is 0.877. The highest BCUT2D eigenvalue weighted by molar-refractivity contribution is 5.92. The number of rotatable bonds is 4. The van der Waals surface area contributed by atoms with Crippen molar-refractivity contribution in [3.05, 3.63) is 24.0 Å². The minimum Gasteiger partial charge on any atom is -0.450 e. The van der Waals surface area contributed by atoms with Gasteiger partial charge >= 0.3 is 6.09 Å². The molecule has 148 valence electrons. The lowest BCUT2D eigenvalue weighted by atomic mass is 10.1. The molecule has 0 unspecified atom stereocenters. The average Bonchev–Trinajstić information content (AvgIpc) is 2.98. The molecule has 7 nitrogen and oxygen atoms in total. The summed E-state index contributed by atoms with van der Waals surface area (Å²) in [5, 5.41) is 3.04. The molecule has 3 heterocycles. The number of amides is 2. The van der Waals surface area contributed by atoms with Crippen molar-refractivity contribution in [2.45, 2.75) is 51.5 Å². The predicted molar refractivity (Wildman–Crippen MR) is 104 cm³/mol. The molecule has 2 aliphatic heterocycles. The van der Waals surface area contributed by atoms with Crippen LogP contribution in [0.1, 0.15) is 55.9 Å². The highest BCUT2D eigenvalue weighted by atomic mass is 16.6. The molecule has 2 fully saturated rings. The van der Waals surface area contributed by atoms with E-state index in [1.165, 1.54) is 25.7 Å². The average molecular weight is 374 g/mol. The highest BCUT2D eigenvalue weighted by Crippen LogP contribution is 2.19. The second-order valence-electron chi connectivity index (χ2n) is 7.24. The van der Waals surface area contributed by atoms with Crippen molar-refractivity contribution in [3.8, 4) is 0 Å². The van der Waals surface area contributed by atoms with Gasteiger partial charge in [0.2, 0.25) is 0 Å². The summed E-state index contributed by atoms with van der Waals surface area (Å²) < 4.78 is 5.02. The summed E-state index contributed by atoms with van der Waals surface area (Å²) in [6, 6.07) is 3.87. The van der Waals surface area contributed by atoms with Gasteiger partial charge in [0.05, 0.1) is 18.5 Å². The number of aromatic nitrogens is 1. The fourth-order valence-electron chi connectivity index (χ4n) is 3.72. The van der Waals surface area contributed by atoms with E-state index in [0.717, 1.165) is 31.6 Å². The van der Waals surface area contributed by atoms with Crippen molar-refractivity contribution in [2.24, 2.45) is 0 Å². The zero-order valence-corrected chi connectivity index (χ0v) is 16.2. The lowest BCUT2D eigenvalue weighted by molar-refractivity contribution is 0.0856. The van der Waals surface area contributed by atoms with Crippen LogP contribution < -0.4 is 10.2 Å². The van der Waals surface area contributed by atoms with Crippen LogP contribution in [0.25, 0.3) is 0 Å². The Morgan fingerprint density at radius 2 is 1.81 bits per heavy atom. The highest BCUT2D eigenvalue weighted by Gasteiger charge is 2.25. The first kappa shape index (κ1) is 19.5. The Morgan fingerprint density at radius 3 is 2.41 bits per heavy atom. The zero-order chi connectivity index (χ0) is 19.1. The number of anilines is 1. The zero-order valence-electron chi connectivity index (χ0n) is 16.2. The van der Waals surface area contributed by atoms with Crippen LogP contribution in [0.15, 0.2) is 18.3 Å². The van der Waals surface area contributed by atoms with E-state index in [9.17, 15) is 9.59 Å². The Balaban J connectivity index is 1.49. The summed E-state index contributed by atoms with van der Waals surface area (Å²) in [6.45, 7) is 5.51. The Bertz CT molecular complexity index is 619. The molecule has 27 heavy (non-hydrogen) atoms. The van der Waals surface area contributed by atoms with Crippen LogP contribution in [0.5, 0.6) is 0 Å². The molecular weight excluding hydrogens is 344 g/mol. The van der Waals surface area contributed by atoms with Crippen LogP contribution in [0.2, 0.25) is 0 Å². The smallest absolute Gasteiger partial charge is 0.409 e. The van der Waals surface area contributed by atoms with Gasteiger partial charge in [-0.15, -0.1) is 0 Å². The van der Waals surface area contributed by atoms with E-state index in [-0.39, 0.29) is 18.0 Å². The van der Waals surface area contributed by atoms with Crippen molar-refractivity contribution < 1.29 is 14.3 Å². The van der Waals surface area contributed by atoms with Gasteiger partial charge in [-0.25, -0.2) is 9.78 Å². The van der Waals surface area contributed by atoms with Crippen molar-refractivity contribution >= 4 is 17.7 Å². The van der Waals surface area contributed by atoms with Crippen molar-refractivity contribution in [1.82, 2.24) is 15.2 Å². The molecule has 1 aromatic heterocycles. The Morgan fingerprint density at radius 1 is 1.11 bits per heavy atom. The molecule has 1 N–H and O–H groups in total. The summed E-state index contributed by atoms with van der Waals surface area (Å²) in [7, 11) is 0. The van der Waals surface area contributed by atoms with Crippen LogP contribution in [-0.4, -0.2) is 60.7 Å². The molecule has 2 aliphatic rings. The van der Waals surface area contributed by atoms with E-state index in [1.807, 2.05) is 18.3 Å². The second kappa shape index (κ2) is 9.58. The summed E-state index contributed by atoms with van der Waals surface area (Å²) in [6.07, 6.45) is 8.02. The van der Waals surface area contributed by atoms with E-state index >= 15 is 0 Å². The monoisotopic (exact) mass is 374 g/mol. The summed E-state index contributed by atoms with van der Waals surface area (Å²) in [5.41, 5.74) is 1.54. The molecular formula is C20H30N4O3. The van der Waals surface area contributed by atoms with Gasteiger partial charge in [0.15, 0.2) is 0 Å². The fourth-order valence-corrected chi connectivity index (χ4v) is 3.72. The molecule has 0 aliphatic carbocycles. The number of nitrogens with one attached hydrogen (secondary N) is 1. The third-order valence-corrected chi connectivity index (χ3v) is 5.31. The molecule has 0 saturated carbocycles. The topological polar surface area (TPSA) is 74.8 Å². The Kier molecular flexibility index (Phi) is 6.90.